The highest BCUT2D eigenvalue weighted by Gasteiger charge is 2.60. The van der Waals surface area contributed by atoms with Crippen molar-refractivity contribution in [1.82, 2.24) is 0 Å². The minimum atomic E-state index is -0.696. The lowest BCUT2D eigenvalue weighted by Crippen LogP contribution is -2.40. The van der Waals surface area contributed by atoms with E-state index in [1.54, 1.807) is 6.08 Å². The van der Waals surface area contributed by atoms with Crippen LogP contribution in [0.15, 0.2) is 12.7 Å². The van der Waals surface area contributed by atoms with E-state index in [0.717, 1.165) is 0 Å². The van der Waals surface area contributed by atoms with Gasteiger partial charge in [0.2, 0.25) is 0 Å². The van der Waals surface area contributed by atoms with E-state index in [4.69, 9.17) is 23.7 Å². The van der Waals surface area contributed by atoms with Crippen LogP contribution in [0, 0.1) is 0 Å². The molecule has 126 valence electrons. The lowest BCUT2D eigenvalue weighted by atomic mass is 10.0. The molecule has 3 fully saturated rings. The van der Waals surface area contributed by atoms with Crippen LogP contribution in [0.4, 0.5) is 0 Å². The summed E-state index contributed by atoms with van der Waals surface area (Å²) < 4.78 is 29.6. The van der Waals surface area contributed by atoms with E-state index < -0.39 is 23.8 Å². The normalized spacial score (nSPS) is 44.0. The second kappa shape index (κ2) is 5.54. The molecule has 0 saturated carbocycles. The zero-order chi connectivity index (χ0) is 16.1. The van der Waals surface area contributed by atoms with Crippen LogP contribution in [0.5, 0.6) is 0 Å². The average Bonchev–Trinajstić information content (AvgIpc) is 2.99. The summed E-state index contributed by atoms with van der Waals surface area (Å²) in [5, 5.41) is 10.3. The molecular weight excluding hydrogens is 288 g/mol. The molecule has 3 saturated heterocycles. The Bertz CT molecular complexity index is 434. The van der Waals surface area contributed by atoms with Gasteiger partial charge in [0.1, 0.15) is 30.5 Å². The maximum atomic E-state index is 10.3. The quantitative estimate of drug-likeness (QED) is 0.791. The Morgan fingerprint density at radius 3 is 2.36 bits per heavy atom. The van der Waals surface area contributed by atoms with E-state index in [-0.39, 0.29) is 24.4 Å². The van der Waals surface area contributed by atoms with Crippen LogP contribution in [0.1, 0.15) is 34.1 Å². The number of aliphatic hydroxyl groups is 1. The molecule has 6 atom stereocenters. The second-order valence-corrected chi connectivity index (χ2v) is 7.09. The third-order valence-electron chi connectivity index (χ3n) is 4.31. The number of hydrogen-bond acceptors (Lipinski definition) is 6. The molecule has 6 heteroatoms. The predicted octanol–water partition coefficient (Wildman–Crippen LogP) is 1.36. The molecule has 0 spiro atoms. The summed E-state index contributed by atoms with van der Waals surface area (Å²) in [6, 6.07) is 0. The highest BCUT2D eigenvalue weighted by Crippen LogP contribution is 2.43. The highest BCUT2D eigenvalue weighted by molar-refractivity contribution is 5.04. The van der Waals surface area contributed by atoms with Crippen LogP contribution < -0.4 is 0 Å². The molecule has 0 bridgehead atoms. The molecule has 0 aromatic rings. The fraction of sp³-hybridized carbons (Fsp3) is 0.875. The average molecular weight is 314 g/mol. The Balaban J connectivity index is 1.78. The summed E-state index contributed by atoms with van der Waals surface area (Å²) in [4.78, 5) is 0. The van der Waals surface area contributed by atoms with Crippen molar-refractivity contribution in [3.8, 4) is 0 Å². The molecule has 6 nitrogen and oxygen atoms in total. The van der Waals surface area contributed by atoms with Gasteiger partial charge in [0.05, 0.1) is 12.7 Å². The van der Waals surface area contributed by atoms with Crippen molar-refractivity contribution in [3.63, 3.8) is 0 Å². The summed E-state index contributed by atoms with van der Waals surface area (Å²) in [7, 11) is 0. The van der Waals surface area contributed by atoms with Gasteiger partial charge in [-0.1, -0.05) is 6.08 Å². The zero-order valence-corrected chi connectivity index (χ0v) is 13.7. The van der Waals surface area contributed by atoms with Gasteiger partial charge in [-0.05, 0) is 34.1 Å². The van der Waals surface area contributed by atoms with Gasteiger partial charge in [0.25, 0.3) is 0 Å². The summed E-state index contributed by atoms with van der Waals surface area (Å²) in [5.41, 5.74) is 0. The first-order valence-electron chi connectivity index (χ1n) is 7.84. The van der Waals surface area contributed by atoms with Gasteiger partial charge in [0, 0.05) is 0 Å². The first kappa shape index (κ1) is 16.4. The van der Waals surface area contributed by atoms with Gasteiger partial charge in [0.15, 0.2) is 11.6 Å². The fourth-order valence-electron chi connectivity index (χ4n) is 3.45. The molecule has 0 aromatic carbocycles. The van der Waals surface area contributed by atoms with Crippen LogP contribution in [0.3, 0.4) is 0 Å². The van der Waals surface area contributed by atoms with E-state index in [9.17, 15) is 5.11 Å². The number of hydrogen-bond donors (Lipinski definition) is 1. The summed E-state index contributed by atoms with van der Waals surface area (Å²) in [6.07, 6.45) is -0.166. The molecule has 3 aliphatic rings. The SMILES string of the molecule is C=CC[C@@H](O)[C@H]1O[C@H]([C@H]2COC(C)(C)O2)[C@@H]2OC(C)(C)O[C@@H]21. The lowest BCUT2D eigenvalue weighted by Gasteiger charge is -2.28. The maximum absolute atomic E-state index is 10.3. The van der Waals surface area contributed by atoms with Crippen LogP contribution in [0.25, 0.3) is 0 Å². The molecule has 3 heterocycles. The van der Waals surface area contributed by atoms with Crippen LogP contribution in [-0.4, -0.2) is 59.9 Å². The molecule has 0 amide bonds. The Morgan fingerprint density at radius 1 is 1.09 bits per heavy atom. The molecule has 0 aliphatic carbocycles. The Morgan fingerprint density at radius 2 is 1.77 bits per heavy atom. The van der Waals surface area contributed by atoms with Gasteiger partial charge in [-0.25, -0.2) is 0 Å². The van der Waals surface area contributed by atoms with Crippen molar-refractivity contribution in [2.45, 2.75) is 82.3 Å². The van der Waals surface area contributed by atoms with Crippen molar-refractivity contribution < 1.29 is 28.8 Å². The minimum Gasteiger partial charge on any atom is -0.390 e. The largest absolute Gasteiger partial charge is 0.390 e. The van der Waals surface area contributed by atoms with Gasteiger partial charge < -0.3 is 28.8 Å². The second-order valence-electron chi connectivity index (χ2n) is 7.09. The van der Waals surface area contributed by atoms with Crippen molar-refractivity contribution in [1.29, 1.82) is 0 Å². The predicted molar refractivity (Wildman–Crippen MR) is 78.2 cm³/mol. The molecular formula is C16H26O6. The van der Waals surface area contributed by atoms with Crippen molar-refractivity contribution >= 4 is 0 Å². The standard InChI is InChI=1S/C16H26O6/c1-6-7-9(17)11-13-14(22-16(4,5)21-13)12(19-11)10-8-18-15(2,3)20-10/h6,9-14,17H,1,7-8H2,2-5H3/t9-,10-,11-,12-,13-,14+/m1/s1. The Labute approximate surface area is 131 Å². The van der Waals surface area contributed by atoms with Gasteiger partial charge >= 0.3 is 0 Å². The topological polar surface area (TPSA) is 66.4 Å². The third-order valence-corrected chi connectivity index (χ3v) is 4.31. The van der Waals surface area contributed by atoms with E-state index in [1.807, 2.05) is 27.7 Å². The summed E-state index contributed by atoms with van der Waals surface area (Å²) >= 11 is 0. The minimum absolute atomic E-state index is 0.235. The molecule has 3 rings (SSSR count). The van der Waals surface area contributed by atoms with Gasteiger partial charge in [-0.2, -0.15) is 0 Å². The molecule has 0 unspecified atom stereocenters. The Kier molecular flexibility index (Phi) is 4.12. The van der Waals surface area contributed by atoms with Crippen molar-refractivity contribution in [3.05, 3.63) is 12.7 Å². The zero-order valence-electron chi connectivity index (χ0n) is 13.7. The molecule has 0 aromatic heterocycles. The van der Waals surface area contributed by atoms with E-state index in [2.05, 4.69) is 6.58 Å². The van der Waals surface area contributed by atoms with Crippen molar-refractivity contribution in [2.24, 2.45) is 0 Å². The van der Waals surface area contributed by atoms with Gasteiger partial charge in [-0.15, -0.1) is 6.58 Å². The lowest BCUT2D eigenvalue weighted by molar-refractivity contribution is -0.214. The smallest absolute Gasteiger partial charge is 0.164 e. The Hall–Kier alpha value is -0.500. The van der Waals surface area contributed by atoms with Crippen LogP contribution in [-0.2, 0) is 23.7 Å². The first-order valence-corrected chi connectivity index (χ1v) is 7.84. The molecule has 3 aliphatic heterocycles. The van der Waals surface area contributed by atoms with E-state index >= 15 is 0 Å². The van der Waals surface area contributed by atoms with E-state index in [0.29, 0.717) is 13.0 Å². The van der Waals surface area contributed by atoms with Crippen molar-refractivity contribution in [2.75, 3.05) is 6.61 Å². The number of rotatable bonds is 4. The summed E-state index contributed by atoms with van der Waals surface area (Å²) in [6.45, 7) is 11.6. The van der Waals surface area contributed by atoms with Gasteiger partial charge in [-0.3, -0.25) is 0 Å². The number of ether oxygens (including phenoxy) is 5. The number of fused-ring (bicyclic) bond motifs is 1. The molecule has 22 heavy (non-hydrogen) atoms. The van der Waals surface area contributed by atoms with Crippen LogP contribution in [0.2, 0.25) is 0 Å². The highest BCUT2D eigenvalue weighted by atomic mass is 16.8. The first-order chi connectivity index (χ1) is 10.2. The molecule has 1 N–H and O–H groups in total. The fourth-order valence-corrected chi connectivity index (χ4v) is 3.45. The maximum Gasteiger partial charge on any atom is 0.164 e. The van der Waals surface area contributed by atoms with Crippen LogP contribution >= 0.6 is 0 Å². The van der Waals surface area contributed by atoms with E-state index in [1.165, 1.54) is 0 Å². The number of aliphatic hydroxyl groups excluding tert-OH is 1. The third kappa shape index (κ3) is 2.96. The molecule has 0 radical (unpaired) electrons. The summed E-state index contributed by atoms with van der Waals surface area (Å²) in [5.74, 6) is -1.32. The monoisotopic (exact) mass is 314 g/mol.